The zero-order chi connectivity index (χ0) is 14.7. The van der Waals surface area contributed by atoms with Gasteiger partial charge in [0.15, 0.2) is 0 Å². The van der Waals surface area contributed by atoms with E-state index in [1.807, 2.05) is 25.1 Å². The quantitative estimate of drug-likeness (QED) is 0.921. The molecule has 0 aromatic heterocycles. The summed E-state index contributed by atoms with van der Waals surface area (Å²) in [4.78, 5) is 14.1. The Balaban J connectivity index is 2.33. The SMILES string of the molecule is CN(C)c1ccc(F)cc1NC(=O)c1ccccc1Br. The molecule has 0 bridgehead atoms. The standard InChI is InChI=1S/C15H14BrFN2O/c1-19(2)14-8-7-10(17)9-13(14)18-15(20)11-5-3-4-6-12(11)16/h3-9H,1-2H3,(H,18,20). The molecule has 1 N–H and O–H groups in total. The van der Waals surface area contributed by atoms with Gasteiger partial charge in [0.05, 0.1) is 16.9 Å². The maximum absolute atomic E-state index is 13.4. The lowest BCUT2D eigenvalue weighted by molar-refractivity contribution is 0.102. The number of hydrogen-bond acceptors (Lipinski definition) is 2. The van der Waals surface area contributed by atoms with Crippen molar-refractivity contribution in [1.29, 1.82) is 0 Å². The van der Waals surface area contributed by atoms with Crippen LogP contribution in [0.4, 0.5) is 15.8 Å². The van der Waals surface area contributed by atoms with Crippen molar-refractivity contribution in [2.75, 3.05) is 24.3 Å². The van der Waals surface area contributed by atoms with Crippen molar-refractivity contribution in [2.45, 2.75) is 0 Å². The summed E-state index contributed by atoms with van der Waals surface area (Å²) in [6, 6.07) is 11.4. The van der Waals surface area contributed by atoms with Crippen LogP contribution in [0, 0.1) is 5.82 Å². The Morgan fingerprint density at radius 2 is 1.90 bits per heavy atom. The molecule has 1 amide bonds. The molecule has 0 radical (unpaired) electrons. The number of anilines is 2. The zero-order valence-electron chi connectivity index (χ0n) is 11.2. The third-order valence-corrected chi connectivity index (χ3v) is 3.50. The highest BCUT2D eigenvalue weighted by atomic mass is 79.9. The minimum Gasteiger partial charge on any atom is -0.376 e. The van der Waals surface area contributed by atoms with Gasteiger partial charge >= 0.3 is 0 Å². The first kappa shape index (κ1) is 14.5. The number of carbonyl (C=O) groups is 1. The number of benzene rings is 2. The molecule has 20 heavy (non-hydrogen) atoms. The van der Waals surface area contributed by atoms with E-state index < -0.39 is 5.82 Å². The van der Waals surface area contributed by atoms with Crippen LogP contribution < -0.4 is 10.2 Å². The molecule has 0 aliphatic carbocycles. The van der Waals surface area contributed by atoms with Crippen LogP contribution in [0.15, 0.2) is 46.9 Å². The minimum atomic E-state index is -0.391. The van der Waals surface area contributed by atoms with E-state index in [4.69, 9.17) is 0 Å². The van der Waals surface area contributed by atoms with Crippen molar-refractivity contribution in [3.8, 4) is 0 Å². The maximum Gasteiger partial charge on any atom is 0.256 e. The Hall–Kier alpha value is -1.88. The molecule has 104 valence electrons. The Morgan fingerprint density at radius 1 is 1.20 bits per heavy atom. The average Bonchev–Trinajstić information content (AvgIpc) is 2.38. The molecular formula is C15H14BrFN2O. The fourth-order valence-electron chi connectivity index (χ4n) is 1.83. The lowest BCUT2D eigenvalue weighted by atomic mass is 10.2. The van der Waals surface area contributed by atoms with Gasteiger partial charge in [-0.3, -0.25) is 4.79 Å². The van der Waals surface area contributed by atoms with Gasteiger partial charge < -0.3 is 10.2 Å². The van der Waals surface area contributed by atoms with Crippen LogP contribution in [0.2, 0.25) is 0 Å². The van der Waals surface area contributed by atoms with E-state index in [9.17, 15) is 9.18 Å². The molecule has 2 aromatic rings. The van der Waals surface area contributed by atoms with E-state index in [1.165, 1.54) is 12.1 Å². The van der Waals surface area contributed by atoms with Crippen LogP contribution in [-0.4, -0.2) is 20.0 Å². The summed E-state index contributed by atoms with van der Waals surface area (Å²) >= 11 is 3.33. The van der Waals surface area contributed by atoms with E-state index in [2.05, 4.69) is 21.2 Å². The third-order valence-electron chi connectivity index (χ3n) is 2.81. The molecule has 2 aromatic carbocycles. The lowest BCUT2D eigenvalue weighted by Crippen LogP contribution is -2.17. The molecule has 0 spiro atoms. The van der Waals surface area contributed by atoms with Crippen molar-refractivity contribution < 1.29 is 9.18 Å². The first-order valence-corrected chi connectivity index (χ1v) is 6.81. The van der Waals surface area contributed by atoms with Crippen LogP contribution in [0.1, 0.15) is 10.4 Å². The van der Waals surface area contributed by atoms with Crippen molar-refractivity contribution in [3.05, 3.63) is 58.3 Å². The number of amides is 1. The highest BCUT2D eigenvalue weighted by Crippen LogP contribution is 2.26. The first-order chi connectivity index (χ1) is 9.49. The topological polar surface area (TPSA) is 32.3 Å². The average molecular weight is 337 g/mol. The van der Waals surface area contributed by atoms with Crippen molar-refractivity contribution in [1.82, 2.24) is 0 Å². The van der Waals surface area contributed by atoms with E-state index in [0.717, 1.165) is 5.69 Å². The number of nitrogens with one attached hydrogen (secondary N) is 1. The Kier molecular flexibility index (Phi) is 4.39. The van der Waals surface area contributed by atoms with Crippen LogP contribution in [0.3, 0.4) is 0 Å². The van der Waals surface area contributed by atoms with Gasteiger partial charge in [0.1, 0.15) is 5.82 Å². The van der Waals surface area contributed by atoms with Gasteiger partial charge in [-0.25, -0.2) is 4.39 Å². The van der Waals surface area contributed by atoms with E-state index in [1.54, 1.807) is 24.3 Å². The second kappa shape index (κ2) is 6.05. The highest BCUT2D eigenvalue weighted by molar-refractivity contribution is 9.10. The minimum absolute atomic E-state index is 0.286. The smallest absolute Gasteiger partial charge is 0.256 e. The van der Waals surface area contributed by atoms with Gasteiger partial charge in [0, 0.05) is 18.6 Å². The second-order valence-electron chi connectivity index (χ2n) is 4.49. The predicted molar refractivity (Wildman–Crippen MR) is 82.8 cm³/mol. The number of hydrogen-bond donors (Lipinski definition) is 1. The second-order valence-corrected chi connectivity index (χ2v) is 5.34. The number of halogens is 2. The molecular weight excluding hydrogens is 323 g/mol. The van der Waals surface area contributed by atoms with Crippen LogP contribution in [-0.2, 0) is 0 Å². The molecule has 5 heteroatoms. The Bertz CT molecular complexity index is 644. The summed E-state index contributed by atoms with van der Waals surface area (Å²) in [5.41, 5.74) is 1.68. The van der Waals surface area contributed by atoms with E-state index >= 15 is 0 Å². The van der Waals surface area contributed by atoms with Gasteiger partial charge in [-0.05, 0) is 46.3 Å². The van der Waals surface area contributed by atoms with Crippen molar-refractivity contribution in [2.24, 2.45) is 0 Å². The molecule has 2 rings (SSSR count). The monoisotopic (exact) mass is 336 g/mol. The van der Waals surface area contributed by atoms with Gasteiger partial charge in [-0.1, -0.05) is 12.1 Å². The molecule has 0 atom stereocenters. The number of carbonyl (C=O) groups excluding carboxylic acids is 1. The molecule has 0 saturated carbocycles. The summed E-state index contributed by atoms with van der Waals surface area (Å²) in [5, 5.41) is 2.74. The molecule has 0 heterocycles. The van der Waals surface area contributed by atoms with Crippen LogP contribution >= 0.6 is 15.9 Å². The molecule has 0 fully saturated rings. The van der Waals surface area contributed by atoms with Gasteiger partial charge in [0.2, 0.25) is 0 Å². The molecule has 0 unspecified atom stereocenters. The van der Waals surface area contributed by atoms with Crippen molar-refractivity contribution >= 4 is 33.2 Å². The first-order valence-electron chi connectivity index (χ1n) is 6.02. The largest absolute Gasteiger partial charge is 0.376 e. The summed E-state index contributed by atoms with van der Waals surface area (Å²) in [6.07, 6.45) is 0. The van der Waals surface area contributed by atoms with Crippen LogP contribution in [0.5, 0.6) is 0 Å². The number of rotatable bonds is 3. The third kappa shape index (κ3) is 3.17. The summed E-state index contributed by atoms with van der Waals surface area (Å²) in [5.74, 6) is -0.677. The summed E-state index contributed by atoms with van der Waals surface area (Å²) in [6.45, 7) is 0. The fourth-order valence-corrected chi connectivity index (χ4v) is 2.30. The molecule has 0 aliphatic rings. The summed E-state index contributed by atoms with van der Waals surface area (Å²) < 4.78 is 14.1. The highest BCUT2D eigenvalue weighted by Gasteiger charge is 2.13. The molecule has 0 aliphatic heterocycles. The fraction of sp³-hybridized carbons (Fsp3) is 0.133. The number of nitrogens with zero attached hydrogens (tertiary/aromatic N) is 1. The lowest BCUT2D eigenvalue weighted by Gasteiger charge is -2.18. The normalized spacial score (nSPS) is 10.2. The zero-order valence-corrected chi connectivity index (χ0v) is 12.7. The van der Waals surface area contributed by atoms with E-state index in [-0.39, 0.29) is 5.91 Å². The Labute approximate surface area is 125 Å². The Morgan fingerprint density at radius 3 is 2.55 bits per heavy atom. The van der Waals surface area contributed by atoms with Gasteiger partial charge in [0.25, 0.3) is 5.91 Å². The van der Waals surface area contributed by atoms with Crippen molar-refractivity contribution in [3.63, 3.8) is 0 Å². The van der Waals surface area contributed by atoms with Gasteiger partial charge in [-0.15, -0.1) is 0 Å². The predicted octanol–water partition coefficient (Wildman–Crippen LogP) is 3.91. The van der Waals surface area contributed by atoms with Crippen LogP contribution in [0.25, 0.3) is 0 Å². The summed E-state index contributed by atoms with van der Waals surface area (Å²) in [7, 11) is 3.67. The molecule has 3 nitrogen and oxygen atoms in total. The molecule has 0 saturated heterocycles. The van der Waals surface area contributed by atoms with E-state index in [0.29, 0.717) is 15.7 Å². The van der Waals surface area contributed by atoms with Gasteiger partial charge in [-0.2, -0.15) is 0 Å². The maximum atomic E-state index is 13.4.